The fourth-order valence-electron chi connectivity index (χ4n) is 2.24. The van der Waals surface area contributed by atoms with Gasteiger partial charge in [-0.25, -0.2) is 0 Å². The second kappa shape index (κ2) is 10.4. The zero-order valence-electron chi connectivity index (χ0n) is 16.2. The first-order valence-electron chi connectivity index (χ1n) is 8.43. The quantitative estimate of drug-likeness (QED) is 0.158. The van der Waals surface area contributed by atoms with Gasteiger partial charge in [0.15, 0.2) is 5.78 Å². The predicted octanol–water partition coefficient (Wildman–Crippen LogP) is 6.20. The number of halogens is 7. The summed E-state index contributed by atoms with van der Waals surface area (Å²) in [6.07, 6.45) is -9.50. The summed E-state index contributed by atoms with van der Waals surface area (Å²) in [7, 11) is 0. The van der Waals surface area contributed by atoms with Gasteiger partial charge in [-0.05, 0) is 23.7 Å². The Morgan fingerprint density at radius 2 is 1.15 bits per heavy atom. The maximum atomic E-state index is 12.4. The number of hydrogen-bond acceptors (Lipinski definition) is 6. The molecule has 0 aliphatic rings. The number of carbonyl (C=O) groups excluding carboxylic acids is 2. The largest absolute Gasteiger partial charge is 0.416 e. The lowest BCUT2D eigenvalue weighted by atomic mass is 10.0. The van der Waals surface area contributed by atoms with Crippen LogP contribution in [-0.2, 0) is 12.4 Å². The normalized spacial score (nSPS) is 11.3. The van der Waals surface area contributed by atoms with Gasteiger partial charge in [0.1, 0.15) is 0 Å². The number of ketones is 1. The lowest BCUT2D eigenvalue weighted by molar-refractivity contribution is -0.385. The van der Waals surface area contributed by atoms with Crippen LogP contribution in [0, 0.1) is 20.2 Å². The van der Waals surface area contributed by atoms with Crippen LogP contribution >= 0.6 is 11.6 Å². The Morgan fingerprint density at radius 1 is 0.788 bits per heavy atom. The summed E-state index contributed by atoms with van der Waals surface area (Å²) in [6.45, 7) is 1.47. The first-order chi connectivity index (χ1) is 15.0. The van der Waals surface area contributed by atoms with Crippen molar-refractivity contribution in [3.63, 3.8) is 0 Å². The Bertz CT molecular complexity index is 1070. The van der Waals surface area contributed by atoms with Gasteiger partial charge in [0, 0.05) is 41.8 Å². The van der Waals surface area contributed by atoms with Crippen molar-refractivity contribution in [1.29, 1.82) is 0 Å². The van der Waals surface area contributed by atoms with Crippen LogP contribution in [0.1, 0.15) is 45.2 Å². The van der Waals surface area contributed by atoms with E-state index in [1.807, 2.05) is 0 Å². The summed E-state index contributed by atoms with van der Waals surface area (Å²) in [5.41, 5.74) is -4.91. The minimum atomic E-state index is -4.77. The third-order valence-electron chi connectivity index (χ3n) is 3.78. The molecule has 0 aromatic heterocycles. The smallest absolute Gasteiger partial charge is 0.294 e. The molecule has 0 fully saturated rings. The van der Waals surface area contributed by atoms with Gasteiger partial charge in [-0.1, -0.05) is 6.92 Å². The van der Waals surface area contributed by atoms with E-state index in [0.717, 1.165) is 6.07 Å². The van der Waals surface area contributed by atoms with Crippen LogP contribution in [0.25, 0.3) is 0 Å². The standard InChI is InChI=1S/C10H8F3NO3.C8H3ClF3NO3/c1-2-9(15)6-3-7(10(11,12)13)5-8(4-6)14(16)17;9-7(14)4-1-5(8(10,11)12)3-6(2-4)13(15)16/h3-5H,2H2,1H3;1-3H. The summed E-state index contributed by atoms with van der Waals surface area (Å²) in [5.74, 6) is -0.570. The monoisotopic (exact) mass is 500 g/mol. The molecule has 178 valence electrons. The highest BCUT2D eigenvalue weighted by atomic mass is 35.5. The summed E-state index contributed by atoms with van der Waals surface area (Å²) >= 11 is 4.97. The van der Waals surface area contributed by atoms with E-state index in [1.165, 1.54) is 6.92 Å². The van der Waals surface area contributed by atoms with Gasteiger partial charge in [-0.2, -0.15) is 26.3 Å². The van der Waals surface area contributed by atoms with Crippen molar-refractivity contribution in [2.45, 2.75) is 25.7 Å². The molecule has 0 saturated carbocycles. The number of non-ortho nitro benzene ring substituents is 2. The molecule has 0 saturated heterocycles. The van der Waals surface area contributed by atoms with E-state index in [4.69, 9.17) is 11.6 Å². The zero-order chi connectivity index (χ0) is 25.7. The average Bonchev–Trinajstić information content (AvgIpc) is 2.71. The number of alkyl halides is 6. The van der Waals surface area contributed by atoms with Crippen LogP contribution in [0.5, 0.6) is 0 Å². The highest BCUT2D eigenvalue weighted by molar-refractivity contribution is 6.67. The molecular weight excluding hydrogens is 490 g/mol. The lowest BCUT2D eigenvalue weighted by Crippen LogP contribution is -2.08. The summed E-state index contributed by atoms with van der Waals surface area (Å²) in [4.78, 5) is 40.8. The Balaban J connectivity index is 0.000000331. The van der Waals surface area contributed by atoms with Gasteiger partial charge in [0.05, 0.1) is 21.0 Å². The number of nitrogens with zero attached hydrogens (tertiary/aromatic N) is 2. The maximum absolute atomic E-state index is 12.4. The van der Waals surface area contributed by atoms with Gasteiger partial charge >= 0.3 is 12.4 Å². The second-order valence-corrected chi connectivity index (χ2v) is 6.44. The molecule has 0 aliphatic carbocycles. The molecule has 15 heteroatoms. The fraction of sp³-hybridized carbons (Fsp3) is 0.222. The van der Waals surface area contributed by atoms with Crippen molar-refractivity contribution in [2.24, 2.45) is 0 Å². The molecule has 2 aromatic carbocycles. The van der Waals surface area contributed by atoms with Crippen LogP contribution < -0.4 is 0 Å². The number of benzene rings is 2. The number of nitro benzene ring substituents is 2. The van der Waals surface area contributed by atoms with Crippen molar-refractivity contribution >= 4 is 34.0 Å². The molecular formula is C18H11ClF6N2O6. The molecule has 33 heavy (non-hydrogen) atoms. The molecule has 2 rings (SSSR count). The molecule has 0 amide bonds. The van der Waals surface area contributed by atoms with Gasteiger partial charge in [-0.3, -0.25) is 29.8 Å². The Kier molecular flexibility index (Phi) is 8.64. The van der Waals surface area contributed by atoms with E-state index in [0.29, 0.717) is 30.3 Å². The fourth-order valence-corrected chi connectivity index (χ4v) is 2.35. The van der Waals surface area contributed by atoms with Crippen molar-refractivity contribution < 1.29 is 45.8 Å². The molecule has 0 heterocycles. The van der Waals surface area contributed by atoms with Crippen LogP contribution in [0.15, 0.2) is 36.4 Å². The van der Waals surface area contributed by atoms with Gasteiger partial charge in [0.25, 0.3) is 16.6 Å². The van der Waals surface area contributed by atoms with Crippen molar-refractivity contribution in [3.05, 3.63) is 78.9 Å². The Labute approximate surface area is 185 Å². The lowest BCUT2D eigenvalue weighted by Gasteiger charge is -2.08. The Hall–Kier alpha value is -3.55. The number of hydrogen-bond donors (Lipinski definition) is 0. The summed E-state index contributed by atoms with van der Waals surface area (Å²) in [6, 6.07) is 3.36. The third kappa shape index (κ3) is 7.82. The van der Waals surface area contributed by atoms with Crippen molar-refractivity contribution in [3.8, 4) is 0 Å². The highest BCUT2D eigenvalue weighted by Crippen LogP contribution is 2.34. The van der Waals surface area contributed by atoms with Crippen LogP contribution in [0.2, 0.25) is 0 Å². The minimum absolute atomic E-state index is 0.0154. The van der Waals surface area contributed by atoms with Crippen LogP contribution in [0.3, 0.4) is 0 Å². The second-order valence-electron chi connectivity index (χ2n) is 6.10. The summed E-state index contributed by atoms with van der Waals surface area (Å²) < 4.78 is 74.2. The van der Waals surface area contributed by atoms with Gasteiger partial charge < -0.3 is 0 Å². The first-order valence-corrected chi connectivity index (χ1v) is 8.81. The van der Waals surface area contributed by atoms with Crippen molar-refractivity contribution in [2.75, 3.05) is 0 Å². The number of nitro groups is 2. The molecule has 0 bridgehead atoms. The Morgan fingerprint density at radius 3 is 1.45 bits per heavy atom. The maximum Gasteiger partial charge on any atom is 0.416 e. The molecule has 0 spiro atoms. The molecule has 2 aromatic rings. The number of rotatable bonds is 5. The zero-order valence-corrected chi connectivity index (χ0v) is 16.9. The van der Waals surface area contributed by atoms with E-state index in [1.54, 1.807) is 0 Å². The van der Waals surface area contributed by atoms with E-state index in [-0.39, 0.29) is 12.0 Å². The van der Waals surface area contributed by atoms with Crippen LogP contribution in [-0.4, -0.2) is 20.9 Å². The van der Waals surface area contributed by atoms with E-state index in [9.17, 15) is 56.2 Å². The van der Waals surface area contributed by atoms with Gasteiger partial charge in [0.2, 0.25) is 0 Å². The predicted molar refractivity (Wildman–Crippen MR) is 101 cm³/mol. The molecule has 0 unspecified atom stereocenters. The molecule has 0 radical (unpaired) electrons. The first kappa shape index (κ1) is 27.5. The molecule has 0 aliphatic heterocycles. The number of carbonyl (C=O) groups is 2. The van der Waals surface area contributed by atoms with Crippen LogP contribution in [0.4, 0.5) is 37.7 Å². The molecule has 0 N–H and O–H groups in total. The van der Waals surface area contributed by atoms with Crippen molar-refractivity contribution in [1.82, 2.24) is 0 Å². The van der Waals surface area contributed by atoms with E-state index >= 15 is 0 Å². The minimum Gasteiger partial charge on any atom is -0.294 e. The molecule has 8 nitrogen and oxygen atoms in total. The summed E-state index contributed by atoms with van der Waals surface area (Å²) in [5, 5.41) is 19.6. The van der Waals surface area contributed by atoms with E-state index < -0.39 is 61.3 Å². The number of Topliss-reactive ketones (excluding diaryl/α,β-unsaturated/α-hetero) is 1. The SMILES string of the molecule is CCC(=O)c1cc([N+](=O)[O-])cc(C(F)(F)F)c1.O=C(Cl)c1cc([N+](=O)[O-])cc(C(F)(F)F)c1. The third-order valence-corrected chi connectivity index (χ3v) is 4.00. The van der Waals surface area contributed by atoms with E-state index in [2.05, 4.69) is 0 Å². The molecule has 0 atom stereocenters. The topological polar surface area (TPSA) is 120 Å². The average molecular weight is 501 g/mol. The van der Waals surface area contributed by atoms with Gasteiger partial charge in [-0.15, -0.1) is 0 Å². The highest BCUT2D eigenvalue weighted by Gasteiger charge is 2.34.